The molecule has 0 bridgehead atoms. The van der Waals surface area contributed by atoms with Crippen LogP contribution in [-0.4, -0.2) is 34.8 Å². The summed E-state index contributed by atoms with van der Waals surface area (Å²) in [5.74, 6) is -0.163. The summed E-state index contributed by atoms with van der Waals surface area (Å²) in [6.07, 6.45) is 0.886. The van der Waals surface area contributed by atoms with Gasteiger partial charge in [-0.3, -0.25) is 9.59 Å². The maximum atomic E-state index is 12.7. The third-order valence-electron chi connectivity index (χ3n) is 4.79. The molecule has 1 aliphatic rings. The smallest absolute Gasteiger partial charge is 0.316 e. The first-order chi connectivity index (χ1) is 13.6. The number of hydrogen-bond donors (Lipinski definition) is 2. The Labute approximate surface area is 170 Å². The Morgan fingerprint density at radius 2 is 2.18 bits per heavy atom. The lowest BCUT2D eigenvalue weighted by molar-refractivity contribution is -0.929. The number of nitrogens with zero attached hydrogens (tertiary/aromatic N) is 1. The zero-order chi connectivity index (χ0) is 19.5. The number of fused-ring (bicyclic) bond motifs is 3. The Morgan fingerprint density at radius 1 is 1.36 bits per heavy atom. The molecular weight excluding hydrogens is 394 g/mol. The molecule has 1 aromatic carbocycles. The molecule has 2 N–H and O–H groups in total. The number of carbonyl (C=O) groups excluding carboxylic acids is 1. The van der Waals surface area contributed by atoms with Crippen LogP contribution in [0.25, 0.3) is 10.2 Å². The minimum atomic E-state index is -0.305. The molecule has 4 rings (SSSR count). The van der Waals surface area contributed by atoms with E-state index in [0.29, 0.717) is 11.8 Å². The number of thiophene rings is 1. The number of carbonyl (C=O) groups is 1. The van der Waals surface area contributed by atoms with Crippen LogP contribution in [0.4, 0.5) is 0 Å². The van der Waals surface area contributed by atoms with Gasteiger partial charge in [0.05, 0.1) is 29.2 Å². The Balaban J connectivity index is 1.54. The molecule has 0 fully saturated rings. The number of thioether (sulfide) groups is 1. The fourth-order valence-corrected chi connectivity index (χ4v) is 5.56. The molecule has 146 valence electrons. The SMILES string of the molecule is CCOC(=O)CSc1nc2sc3c(c2c(=O)[nH]1)CC[NH+](Cc1ccccc1)C3. The first-order valence-corrected chi connectivity index (χ1v) is 11.1. The van der Waals surface area contributed by atoms with Crippen LogP contribution < -0.4 is 10.5 Å². The molecule has 0 radical (unpaired) electrons. The molecule has 0 spiro atoms. The highest BCUT2D eigenvalue weighted by Gasteiger charge is 2.26. The van der Waals surface area contributed by atoms with Crippen LogP contribution in [0.5, 0.6) is 0 Å². The minimum absolute atomic E-state index is 0.111. The van der Waals surface area contributed by atoms with Crippen molar-refractivity contribution in [3.8, 4) is 0 Å². The van der Waals surface area contributed by atoms with Crippen LogP contribution in [0.15, 0.2) is 40.3 Å². The van der Waals surface area contributed by atoms with Gasteiger partial charge < -0.3 is 14.6 Å². The van der Waals surface area contributed by atoms with Crippen LogP contribution in [0, 0.1) is 0 Å². The average molecular weight is 417 g/mol. The van der Waals surface area contributed by atoms with Gasteiger partial charge in [-0.15, -0.1) is 11.3 Å². The van der Waals surface area contributed by atoms with E-state index in [-0.39, 0.29) is 17.3 Å². The fourth-order valence-electron chi connectivity index (χ4n) is 3.55. The van der Waals surface area contributed by atoms with Crippen molar-refractivity contribution in [2.45, 2.75) is 31.6 Å². The molecule has 0 amide bonds. The Bertz CT molecular complexity index is 1050. The van der Waals surface area contributed by atoms with Gasteiger partial charge in [0.15, 0.2) is 5.16 Å². The second-order valence-corrected chi connectivity index (χ2v) is 8.79. The number of benzene rings is 1. The summed E-state index contributed by atoms with van der Waals surface area (Å²) in [7, 11) is 0. The van der Waals surface area contributed by atoms with E-state index in [1.807, 2.05) is 6.07 Å². The molecular formula is C20H22N3O3S2+. The summed E-state index contributed by atoms with van der Waals surface area (Å²) in [6, 6.07) is 10.5. The number of aromatic nitrogens is 2. The quantitative estimate of drug-likeness (QED) is 0.364. The van der Waals surface area contributed by atoms with Crippen molar-refractivity contribution in [1.29, 1.82) is 0 Å². The van der Waals surface area contributed by atoms with Crippen LogP contribution >= 0.6 is 23.1 Å². The lowest BCUT2D eigenvalue weighted by Crippen LogP contribution is -3.10. The standard InChI is InChI=1S/C20H21N3O3S2/c1-2-26-16(24)12-27-20-21-18(25)17-14-8-9-23(10-13-6-4-3-5-7-13)11-15(14)28-19(17)22-20/h3-7H,2,8-12H2,1H3,(H,21,22,25)/p+1. The molecule has 0 aliphatic carbocycles. The van der Waals surface area contributed by atoms with Gasteiger partial charge in [0.1, 0.15) is 17.9 Å². The zero-order valence-corrected chi connectivity index (χ0v) is 17.3. The molecule has 6 nitrogen and oxygen atoms in total. The third-order valence-corrected chi connectivity index (χ3v) is 6.76. The largest absolute Gasteiger partial charge is 0.465 e. The highest BCUT2D eigenvalue weighted by molar-refractivity contribution is 7.99. The highest BCUT2D eigenvalue weighted by atomic mass is 32.2. The summed E-state index contributed by atoms with van der Waals surface area (Å²) in [5, 5.41) is 1.19. The van der Waals surface area contributed by atoms with Gasteiger partial charge in [-0.25, -0.2) is 4.98 Å². The average Bonchev–Trinajstić information content (AvgIpc) is 3.05. The van der Waals surface area contributed by atoms with Gasteiger partial charge in [-0.1, -0.05) is 42.1 Å². The third kappa shape index (κ3) is 4.14. The van der Waals surface area contributed by atoms with Crippen molar-refractivity contribution in [2.75, 3.05) is 18.9 Å². The molecule has 1 aliphatic heterocycles. The van der Waals surface area contributed by atoms with Gasteiger partial charge in [0.2, 0.25) is 0 Å². The lowest BCUT2D eigenvalue weighted by atomic mass is 10.0. The maximum Gasteiger partial charge on any atom is 0.316 e. The summed E-state index contributed by atoms with van der Waals surface area (Å²) in [6.45, 7) is 5.03. The summed E-state index contributed by atoms with van der Waals surface area (Å²) >= 11 is 2.81. The predicted octanol–water partition coefficient (Wildman–Crippen LogP) is 1.78. The lowest BCUT2D eigenvalue weighted by Gasteiger charge is -2.23. The number of aromatic amines is 1. The monoisotopic (exact) mass is 416 g/mol. The highest BCUT2D eigenvalue weighted by Crippen LogP contribution is 2.30. The molecule has 28 heavy (non-hydrogen) atoms. The minimum Gasteiger partial charge on any atom is -0.465 e. The first kappa shape index (κ1) is 19.2. The molecule has 3 aromatic rings. The Kier molecular flexibility index (Phi) is 5.79. The van der Waals surface area contributed by atoms with Crippen LogP contribution in [0.2, 0.25) is 0 Å². The zero-order valence-electron chi connectivity index (χ0n) is 15.6. The molecule has 1 atom stereocenters. The normalized spacial score (nSPS) is 16.1. The van der Waals surface area contributed by atoms with E-state index in [9.17, 15) is 9.59 Å². The molecule has 3 heterocycles. The molecule has 1 unspecified atom stereocenters. The van der Waals surface area contributed by atoms with Crippen LogP contribution in [0.1, 0.15) is 22.9 Å². The van der Waals surface area contributed by atoms with E-state index in [2.05, 4.69) is 34.2 Å². The number of esters is 1. The van der Waals surface area contributed by atoms with E-state index in [1.165, 1.54) is 27.1 Å². The van der Waals surface area contributed by atoms with E-state index in [1.54, 1.807) is 18.3 Å². The second kappa shape index (κ2) is 8.46. The van der Waals surface area contributed by atoms with Gasteiger partial charge >= 0.3 is 5.97 Å². The van der Waals surface area contributed by atoms with Gasteiger partial charge in [0, 0.05) is 12.0 Å². The van der Waals surface area contributed by atoms with Crippen molar-refractivity contribution in [1.82, 2.24) is 9.97 Å². The summed E-state index contributed by atoms with van der Waals surface area (Å²) in [4.78, 5) is 35.1. The number of quaternary nitrogens is 1. The molecule has 0 saturated carbocycles. The fraction of sp³-hybridized carbons (Fsp3) is 0.350. The molecule has 8 heteroatoms. The Hall–Kier alpha value is -2.16. The summed E-state index contributed by atoms with van der Waals surface area (Å²) in [5.41, 5.74) is 2.36. The van der Waals surface area contributed by atoms with Gasteiger partial charge in [0.25, 0.3) is 5.56 Å². The number of rotatable bonds is 6. The number of hydrogen-bond acceptors (Lipinski definition) is 6. The van der Waals surface area contributed by atoms with Crippen molar-refractivity contribution < 1.29 is 14.4 Å². The topological polar surface area (TPSA) is 76.5 Å². The Morgan fingerprint density at radius 3 is 2.96 bits per heavy atom. The van der Waals surface area contributed by atoms with E-state index < -0.39 is 0 Å². The van der Waals surface area contributed by atoms with Gasteiger partial charge in [-0.05, 0) is 12.5 Å². The molecule has 2 aromatic heterocycles. The predicted molar refractivity (Wildman–Crippen MR) is 111 cm³/mol. The van der Waals surface area contributed by atoms with Crippen molar-refractivity contribution in [2.24, 2.45) is 0 Å². The van der Waals surface area contributed by atoms with Crippen molar-refractivity contribution in [3.63, 3.8) is 0 Å². The van der Waals surface area contributed by atoms with Crippen molar-refractivity contribution >= 4 is 39.3 Å². The van der Waals surface area contributed by atoms with Crippen LogP contribution in [0.3, 0.4) is 0 Å². The van der Waals surface area contributed by atoms with Crippen LogP contribution in [-0.2, 0) is 29.0 Å². The van der Waals surface area contributed by atoms with E-state index >= 15 is 0 Å². The second-order valence-electron chi connectivity index (χ2n) is 6.74. The number of ether oxygens (including phenoxy) is 1. The summed E-state index contributed by atoms with van der Waals surface area (Å²) < 4.78 is 4.93. The van der Waals surface area contributed by atoms with E-state index in [0.717, 1.165) is 41.8 Å². The number of nitrogens with one attached hydrogen (secondary N) is 2. The first-order valence-electron chi connectivity index (χ1n) is 9.34. The van der Waals surface area contributed by atoms with Crippen molar-refractivity contribution in [3.05, 3.63) is 56.7 Å². The maximum absolute atomic E-state index is 12.7. The van der Waals surface area contributed by atoms with Gasteiger partial charge in [-0.2, -0.15) is 0 Å². The number of H-pyrrole nitrogens is 1. The van der Waals surface area contributed by atoms with E-state index in [4.69, 9.17) is 4.74 Å². The molecule has 0 saturated heterocycles.